The molecule has 9 nitrogen and oxygen atoms in total. The van der Waals surface area contributed by atoms with Gasteiger partial charge in [-0.05, 0) is 51.6 Å². The molecule has 36 heavy (non-hydrogen) atoms. The molecule has 1 aliphatic heterocycles. The van der Waals surface area contributed by atoms with Gasteiger partial charge in [-0.3, -0.25) is 14.2 Å². The van der Waals surface area contributed by atoms with Crippen molar-refractivity contribution in [2.24, 2.45) is 11.8 Å². The Balaban J connectivity index is 3.59. The molecule has 0 N–H and O–H groups in total. The summed E-state index contributed by atoms with van der Waals surface area (Å²) in [5.41, 5.74) is 0. The summed E-state index contributed by atoms with van der Waals surface area (Å²) in [5.74, 6) is -3.67. The zero-order valence-corrected chi connectivity index (χ0v) is 26.5. The van der Waals surface area contributed by atoms with Gasteiger partial charge in [0.2, 0.25) is 11.7 Å². The van der Waals surface area contributed by atoms with Crippen molar-refractivity contribution in [3.05, 3.63) is 0 Å². The van der Waals surface area contributed by atoms with Crippen LogP contribution in [0.15, 0.2) is 0 Å². The normalized spacial score (nSPS) is 21.5. The number of β-lactam (4-membered cyclic amide) rings is 1. The number of hydrogen-bond acceptors (Lipinski definition) is 9. The van der Waals surface area contributed by atoms with Crippen LogP contribution in [-0.4, -0.2) is 73.7 Å². The first-order valence-corrected chi connectivity index (χ1v) is 18.3. The van der Waals surface area contributed by atoms with E-state index in [9.17, 15) is 18.9 Å². The van der Waals surface area contributed by atoms with E-state index < -0.39 is 57.6 Å². The fourth-order valence-electron chi connectivity index (χ4n) is 4.15. The van der Waals surface area contributed by atoms with Gasteiger partial charge in [0.15, 0.2) is 13.4 Å². The summed E-state index contributed by atoms with van der Waals surface area (Å²) in [6.45, 7) is 20.9. The van der Waals surface area contributed by atoms with Crippen molar-refractivity contribution in [2.45, 2.75) is 98.4 Å². The Morgan fingerprint density at radius 3 is 2.00 bits per heavy atom. The van der Waals surface area contributed by atoms with Gasteiger partial charge in [0, 0.05) is 5.92 Å². The maximum Gasteiger partial charge on any atom is 0.364 e. The van der Waals surface area contributed by atoms with Gasteiger partial charge in [-0.2, -0.15) is 0 Å². The van der Waals surface area contributed by atoms with Crippen molar-refractivity contribution >= 4 is 44.7 Å². The van der Waals surface area contributed by atoms with Gasteiger partial charge in [-0.1, -0.05) is 46.4 Å². The van der Waals surface area contributed by atoms with Gasteiger partial charge in [0.25, 0.3) is 0 Å². The monoisotopic (exact) mass is 567 g/mol. The molecule has 0 radical (unpaired) electrons. The maximum absolute atomic E-state index is 13.9. The lowest BCUT2D eigenvalue weighted by atomic mass is 9.77. The molecule has 0 aromatic heterocycles. The second-order valence-electron chi connectivity index (χ2n) is 10.4. The van der Waals surface area contributed by atoms with Crippen molar-refractivity contribution in [3.63, 3.8) is 0 Å². The minimum Gasteiger partial charge on any atom is -0.464 e. The summed E-state index contributed by atoms with van der Waals surface area (Å²) >= 11 is 1.15. The fraction of sp³-hybridized carbons (Fsp3) is 0.875. The second kappa shape index (κ2) is 13.4. The first-order valence-electron chi connectivity index (χ1n) is 12.8. The highest BCUT2D eigenvalue weighted by Crippen LogP contribution is 2.58. The average Bonchev–Trinajstić information content (AvgIpc) is 2.74. The van der Waals surface area contributed by atoms with E-state index in [1.807, 2.05) is 13.8 Å². The second-order valence-corrected chi connectivity index (χ2v) is 18.5. The number of thioether (sulfide) groups is 1. The van der Waals surface area contributed by atoms with Crippen LogP contribution < -0.4 is 0 Å². The number of esters is 1. The molecule has 0 spiro atoms. The molecule has 0 aliphatic carbocycles. The van der Waals surface area contributed by atoms with Crippen LogP contribution in [0.1, 0.15) is 62.3 Å². The third-order valence-corrected chi connectivity index (χ3v) is 14.7. The molecule has 1 amide bonds. The fourth-order valence-corrected chi connectivity index (χ4v) is 8.25. The van der Waals surface area contributed by atoms with Crippen LogP contribution in [0.25, 0.3) is 0 Å². The SMILES string of the molecule is CCOC(=O)C(N1C(=O)[C@H]([C@@H](C)O[Si](C)(C)C(C)(C)C)[C@H]1[C@@H](C)C(=O)SCC)P(=O)(OCC)OCC. The third-order valence-electron chi connectivity index (χ3n) is 6.87. The Kier molecular flexibility index (Phi) is 12.4. The molecular formula is C24H46NO8PSSi. The number of hydrogen-bond donors (Lipinski definition) is 0. The Labute approximate surface area is 222 Å². The smallest absolute Gasteiger partial charge is 0.364 e. The maximum atomic E-state index is 13.9. The van der Waals surface area contributed by atoms with E-state index in [0.29, 0.717) is 5.75 Å². The average molecular weight is 568 g/mol. The summed E-state index contributed by atoms with van der Waals surface area (Å²) in [7, 11) is -6.39. The first-order chi connectivity index (χ1) is 16.5. The van der Waals surface area contributed by atoms with Gasteiger partial charge in [0.1, 0.15) is 0 Å². The van der Waals surface area contributed by atoms with Crippen molar-refractivity contribution < 1.29 is 37.2 Å². The highest BCUT2D eigenvalue weighted by atomic mass is 32.2. The van der Waals surface area contributed by atoms with Gasteiger partial charge in [-0.25, -0.2) is 4.79 Å². The van der Waals surface area contributed by atoms with Gasteiger partial charge < -0.3 is 23.1 Å². The summed E-state index contributed by atoms with van der Waals surface area (Å²) in [6.07, 6.45) is -0.511. The van der Waals surface area contributed by atoms with Crippen molar-refractivity contribution in [3.8, 4) is 0 Å². The molecule has 1 rings (SSSR count). The topological polar surface area (TPSA) is 108 Å². The van der Waals surface area contributed by atoms with E-state index >= 15 is 0 Å². The number of carbonyl (C=O) groups excluding carboxylic acids is 3. The summed E-state index contributed by atoms with van der Waals surface area (Å²) in [6, 6.07) is -0.729. The predicted octanol–water partition coefficient (Wildman–Crippen LogP) is 5.29. The minimum atomic E-state index is -4.14. The van der Waals surface area contributed by atoms with Crippen LogP contribution in [0.5, 0.6) is 0 Å². The Morgan fingerprint density at radius 2 is 1.58 bits per heavy atom. The highest BCUT2D eigenvalue weighted by Gasteiger charge is 2.63. The van der Waals surface area contributed by atoms with E-state index in [4.69, 9.17) is 18.2 Å². The van der Waals surface area contributed by atoms with Crippen LogP contribution in [0.3, 0.4) is 0 Å². The van der Waals surface area contributed by atoms with Crippen molar-refractivity contribution in [2.75, 3.05) is 25.6 Å². The molecule has 1 unspecified atom stereocenters. The Hall–Kier alpha value is -0.713. The van der Waals surface area contributed by atoms with Crippen LogP contribution >= 0.6 is 19.4 Å². The number of nitrogens with zero attached hydrogens (tertiary/aromatic N) is 1. The highest BCUT2D eigenvalue weighted by molar-refractivity contribution is 8.13. The number of amides is 1. The van der Waals surface area contributed by atoms with Crippen LogP contribution in [0.4, 0.5) is 0 Å². The van der Waals surface area contributed by atoms with Crippen molar-refractivity contribution in [1.29, 1.82) is 0 Å². The number of likely N-dealkylation sites (tertiary alicyclic amines) is 1. The van der Waals surface area contributed by atoms with Gasteiger partial charge in [0.05, 0.1) is 37.9 Å². The lowest BCUT2D eigenvalue weighted by Gasteiger charge is -2.55. The third kappa shape index (κ3) is 7.23. The lowest BCUT2D eigenvalue weighted by Crippen LogP contribution is -2.72. The molecule has 1 fully saturated rings. The molecule has 0 aromatic rings. The Bertz CT molecular complexity index is 823. The van der Waals surface area contributed by atoms with E-state index in [0.717, 1.165) is 11.8 Å². The molecule has 5 atom stereocenters. The summed E-state index contributed by atoms with van der Waals surface area (Å²) < 4.78 is 36.6. The zero-order chi connectivity index (χ0) is 28.1. The largest absolute Gasteiger partial charge is 0.464 e. The van der Waals surface area contributed by atoms with Gasteiger partial charge in [-0.15, -0.1) is 0 Å². The van der Waals surface area contributed by atoms with E-state index in [1.54, 1.807) is 27.7 Å². The summed E-state index contributed by atoms with van der Waals surface area (Å²) in [4.78, 5) is 41.1. The van der Waals surface area contributed by atoms with E-state index in [1.165, 1.54) is 4.90 Å². The zero-order valence-electron chi connectivity index (χ0n) is 23.8. The molecule has 0 bridgehead atoms. The predicted molar refractivity (Wildman–Crippen MR) is 145 cm³/mol. The minimum absolute atomic E-state index is 0.00830. The summed E-state index contributed by atoms with van der Waals surface area (Å²) in [5, 5.41) is -0.203. The molecule has 12 heteroatoms. The molecular weight excluding hydrogens is 521 g/mol. The molecule has 1 aliphatic rings. The Morgan fingerprint density at radius 1 is 1.06 bits per heavy atom. The molecule has 0 aromatic carbocycles. The molecule has 210 valence electrons. The quantitative estimate of drug-likeness (QED) is 0.120. The molecule has 0 saturated carbocycles. The standard InChI is InChI=1S/C24H46NO8PSSi/c1-12-30-22(27)21(34(29,31-13-2)32-14-3)25-19(16(5)23(28)35-15-4)18(20(25)26)17(6)33-36(10,11)24(7,8)9/h16-19,21H,12-15H2,1-11H3/t16-,17-,18-,19-,21?/m1/s1. The lowest BCUT2D eigenvalue weighted by molar-refractivity contribution is -0.178. The molecule has 1 heterocycles. The number of ether oxygens (including phenoxy) is 1. The van der Waals surface area contributed by atoms with Crippen LogP contribution in [-0.2, 0) is 37.2 Å². The van der Waals surface area contributed by atoms with Crippen molar-refractivity contribution in [1.82, 2.24) is 4.90 Å². The number of rotatable bonds is 14. The number of carbonyl (C=O) groups is 3. The molecule has 1 saturated heterocycles. The van der Waals surface area contributed by atoms with Crippen LogP contribution in [0, 0.1) is 11.8 Å². The van der Waals surface area contributed by atoms with E-state index in [-0.39, 0.29) is 30.0 Å². The van der Waals surface area contributed by atoms with Crippen LogP contribution in [0.2, 0.25) is 18.1 Å². The van der Waals surface area contributed by atoms with E-state index in [2.05, 4.69) is 33.9 Å². The first kappa shape index (κ1) is 33.3. The van der Waals surface area contributed by atoms with Gasteiger partial charge >= 0.3 is 13.6 Å².